The first-order valence-electron chi connectivity index (χ1n) is 4.97. The fourth-order valence-electron chi connectivity index (χ4n) is 1.50. The summed E-state index contributed by atoms with van der Waals surface area (Å²) < 4.78 is 0. The van der Waals surface area contributed by atoms with Crippen LogP contribution in [0.4, 0.5) is 0 Å². The third kappa shape index (κ3) is 1.70. The molecule has 2 rings (SSSR count). The smallest absolute Gasteiger partial charge is 0.285 e. The molecule has 1 aromatic carbocycles. The zero-order chi connectivity index (χ0) is 11.5. The lowest BCUT2D eigenvalue weighted by Gasteiger charge is -2.12. The molecule has 2 amide bonds. The van der Waals surface area contributed by atoms with Gasteiger partial charge in [-0.25, -0.2) is 0 Å². The number of amides is 2. The molecule has 0 radical (unpaired) electrons. The van der Waals surface area contributed by atoms with Gasteiger partial charge in [-0.15, -0.1) is 5.06 Å². The number of hydrogen-bond donors (Lipinski definition) is 1. The molecule has 16 heavy (non-hydrogen) atoms. The van der Waals surface area contributed by atoms with Crippen LogP contribution in [-0.2, 0) is 4.84 Å². The first-order chi connectivity index (χ1) is 7.75. The molecule has 0 atom stereocenters. The third-order valence-electron chi connectivity index (χ3n) is 2.28. The van der Waals surface area contributed by atoms with Crippen LogP contribution in [0.5, 0.6) is 0 Å². The molecular formula is C11H11NO4. The maximum atomic E-state index is 11.7. The van der Waals surface area contributed by atoms with E-state index >= 15 is 0 Å². The molecule has 1 N–H and O–H groups in total. The number of benzene rings is 1. The number of carbonyl (C=O) groups excluding carboxylic acids is 2. The Morgan fingerprint density at radius 3 is 2.19 bits per heavy atom. The first-order valence-corrected chi connectivity index (χ1v) is 4.97. The number of nitrogens with zero attached hydrogens (tertiary/aromatic N) is 1. The van der Waals surface area contributed by atoms with E-state index < -0.39 is 11.8 Å². The predicted molar refractivity (Wildman–Crippen MR) is 54.6 cm³/mol. The number of aliphatic hydroxyl groups excluding tert-OH is 1. The van der Waals surface area contributed by atoms with Crippen molar-refractivity contribution in [2.24, 2.45) is 0 Å². The number of rotatable bonds is 4. The van der Waals surface area contributed by atoms with Crippen LogP contribution >= 0.6 is 0 Å². The summed E-state index contributed by atoms with van der Waals surface area (Å²) in [6.45, 7) is 0.102. The minimum Gasteiger partial charge on any atom is -0.396 e. The van der Waals surface area contributed by atoms with Crippen LogP contribution in [-0.4, -0.2) is 35.2 Å². The predicted octanol–water partition coefficient (Wildman–Crippen LogP) is 0.597. The molecule has 84 valence electrons. The van der Waals surface area contributed by atoms with Crippen molar-refractivity contribution >= 4 is 11.8 Å². The Hall–Kier alpha value is -1.72. The molecule has 1 aliphatic rings. The maximum Gasteiger partial charge on any atom is 0.285 e. The molecule has 0 saturated heterocycles. The second-order valence-electron chi connectivity index (χ2n) is 3.36. The van der Waals surface area contributed by atoms with Crippen LogP contribution in [0.15, 0.2) is 24.3 Å². The Balaban J connectivity index is 2.15. The lowest BCUT2D eigenvalue weighted by Crippen LogP contribution is -2.30. The second kappa shape index (κ2) is 4.42. The molecule has 0 spiro atoms. The topological polar surface area (TPSA) is 66.8 Å². The van der Waals surface area contributed by atoms with Crippen LogP contribution in [0, 0.1) is 0 Å². The molecule has 5 heteroatoms. The molecule has 0 bridgehead atoms. The number of hydrogen-bond acceptors (Lipinski definition) is 4. The summed E-state index contributed by atoms with van der Waals surface area (Å²) in [6, 6.07) is 6.57. The van der Waals surface area contributed by atoms with E-state index in [1.807, 2.05) is 0 Å². The van der Waals surface area contributed by atoms with Crippen LogP contribution in [0.3, 0.4) is 0 Å². The van der Waals surface area contributed by atoms with Gasteiger partial charge in [0.1, 0.15) is 0 Å². The van der Waals surface area contributed by atoms with Gasteiger partial charge < -0.3 is 5.11 Å². The van der Waals surface area contributed by atoms with Gasteiger partial charge in [-0.3, -0.25) is 14.4 Å². The molecule has 1 aliphatic heterocycles. The number of fused-ring (bicyclic) bond motifs is 1. The zero-order valence-corrected chi connectivity index (χ0v) is 8.55. The van der Waals surface area contributed by atoms with E-state index in [0.29, 0.717) is 17.5 Å². The van der Waals surface area contributed by atoms with Gasteiger partial charge in [-0.2, -0.15) is 0 Å². The van der Waals surface area contributed by atoms with E-state index in [9.17, 15) is 9.59 Å². The molecule has 0 aromatic heterocycles. The number of carbonyl (C=O) groups is 2. The second-order valence-corrected chi connectivity index (χ2v) is 3.36. The van der Waals surface area contributed by atoms with Crippen molar-refractivity contribution in [2.75, 3.05) is 13.2 Å². The van der Waals surface area contributed by atoms with Gasteiger partial charge in [0.05, 0.1) is 17.7 Å². The van der Waals surface area contributed by atoms with E-state index in [1.54, 1.807) is 24.3 Å². The highest BCUT2D eigenvalue weighted by Crippen LogP contribution is 2.22. The average Bonchev–Trinajstić information content (AvgIpc) is 2.55. The first kappa shape index (κ1) is 10.8. The lowest BCUT2D eigenvalue weighted by molar-refractivity contribution is -0.0940. The minimum atomic E-state index is -0.446. The standard InChI is InChI=1S/C11H11NO4/c13-6-3-7-16-12-10(14)8-4-1-2-5-9(8)11(12)15/h1-2,4-5,13H,3,6-7H2. The Morgan fingerprint density at radius 2 is 1.69 bits per heavy atom. The molecule has 5 nitrogen and oxygen atoms in total. The van der Waals surface area contributed by atoms with E-state index in [0.717, 1.165) is 5.06 Å². The van der Waals surface area contributed by atoms with Gasteiger partial charge in [0.25, 0.3) is 11.8 Å². The summed E-state index contributed by atoms with van der Waals surface area (Å²) in [4.78, 5) is 28.5. The fraction of sp³-hybridized carbons (Fsp3) is 0.273. The highest BCUT2D eigenvalue weighted by molar-refractivity contribution is 6.20. The van der Waals surface area contributed by atoms with E-state index in [2.05, 4.69) is 0 Å². The van der Waals surface area contributed by atoms with E-state index in [-0.39, 0.29) is 13.2 Å². The van der Waals surface area contributed by atoms with Gasteiger partial charge in [0.15, 0.2) is 0 Å². The molecular weight excluding hydrogens is 210 g/mol. The van der Waals surface area contributed by atoms with Crippen LogP contribution in [0.2, 0.25) is 0 Å². The van der Waals surface area contributed by atoms with Crippen molar-refractivity contribution in [3.8, 4) is 0 Å². The number of aliphatic hydroxyl groups is 1. The van der Waals surface area contributed by atoms with Crippen LogP contribution < -0.4 is 0 Å². The highest BCUT2D eigenvalue weighted by Gasteiger charge is 2.36. The van der Waals surface area contributed by atoms with Crippen molar-refractivity contribution in [3.05, 3.63) is 35.4 Å². The van der Waals surface area contributed by atoms with E-state index in [1.165, 1.54) is 0 Å². The van der Waals surface area contributed by atoms with E-state index in [4.69, 9.17) is 9.94 Å². The van der Waals surface area contributed by atoms with Gasteiger partial charge in [0.2, 0.25) is 0 Å². The monoisotopic (exact) mass is 221 g/mol. The van der Waals surface area contributed by atoms with Crippen LogP contribution in [0.1, 0.15) is 27.1 Å². The quantitative estimate of drug-likeness (QED) is 0.597. The summed E-state index contributed by atoms with van der Waals surface area (Å²) in [5.74, 6) is -0.892. The summed E-state index contributed by atoms with van der Waals surface area (Å²) in [5.41, 5.74) is 0.716. The average molecular weight is 221 g/mol. The SMILES string of the molecule is O=C1c2ccccc2C(=O)N1OCCCO. The van der Waals surface area contributed by atoms with Gasteiger partial charge in [-0.05, 0) is 18.6 Å². The molecule has 0 fully saturated rings. The van der Waals surface area contributed by atoms with Crippen molar-refractivity contribution in [1.29, 1.82) is 0 Å². The summed E-state index contributed by atoms with van der Waals surface area (Å²) in [6.07, 6.45) is 0.382. The Bertz CT molecular complexity index is 395. The Kier molecular flexibility index (Phi) is 2.98. The largest absolute Gasteiger partial charge is 0.396 e. The maximum absolute atomic E-state index is 11.7. The summed E-state index contributed by atoms with van der Waals surface area (Å²) in [7, 11) is 0. The van der Waals surface area contributed by atoms with Crippen molar-refractivity contribution in [2.45, 2.75) is 6.42 Å². The number of imide groups is 1. The molecule has 0 aliphatic carbocycles. The minimum absolute atomic E-state index is 0.0385. The van der Waals surface area contributed by atoms with Gasteiger partial charge in [0, 0.05) is 6.61 Å². The van der Waals surface area contributed by atoms with Crippen LogP contribution in [0.25, 0.3) is 0 Å². The highest BCUT2D eigenvalue weighted by atomic mass is 16.7. The molecule has 1 heterocycles. The van der Waals surface area contributed by atoms with Crippen molar-refractivity contribution in [3.63, 3.8) is 0 Å². The number of hydroxylamine groups is 2. The van der Waals surface area contributed by atoms with Gasteiger partial charge in [-0.1, -0.05) is 12.1 Å². The summed E-state index contributed by atoms with van der Waals surface area (Å²) in [5, 5.41) is 9.33. The zero-order valence-electron chi connectivity index (χ0n) is 8.55. The van der Waals surface area contributed by atoms with Crippen molar-refractivity contribution in [1.82, 2.24) is 5.06 Å². The molecule has 0 unspecified atom stereocenters. The third-order valence-corrected chi connectivity index (χ3v) is 2.28. The summed E-state index contributed by atoms with van der Waals surface area (Å²) >= 11 is 0. The lowest BCUT2D eigenvalue weighted by atomic mass is 10.1. The Labute approximate surface area is 92.2 Å². The fourth-order valence-corrected chi connectivity index (χ4v) is 1.50. The normalized spacial score (nSPS) is 14.4. The van der Waals surface area contributed by atoms with Crippen molar-refractivity contribution < 1.29 is 19.5 Å². The van der Waals surface area contributed by atoms with Gasteiger partial charge >= 0.3 is 0 Å². The Morgan fingerprint density at radius 1 is 1.12 bits per heavy atom. The molecule has 0 saturated carbocycles. The molecule has 1 aromatic rings.